The van der Waals surface area contributed by atoms with Gasteiger partial charge in [-0.2, -0.15) is 0 Å². The summed E-state index contributed by atoms with van der Waals surface area (Å²) in [4.78, 5) is 24.7. The van der Waals surface area contributed by atoms with Gasteiger partial charge in [-0.15, -0.1) is 0 Å². The summed E-state index contributed by atoms with van der Waals surface area (Å²) < 4.78 is 5.84. The molecule has 0 radical (unpaired) electrons. The largest absolute Gasteiger partial charge is 0.489 e. The molecule has 1 heterocycles. The molecule has 0 bridgehead atoms. The quantitative estimate of drug-likeness (QED) is 0.848. The molecule has 1 aliphatic heterocycles. The first-order valence-electron chi connectivity index (χ1n) is 8.23. The molecule has 0 spiro atoms. The maximum absolute atomic E-state index is 12.0. The van der Waals surface area contributed by atoms with Gasteiger partial charge in [0.25, 0.3) is 0 Å². The summed E-state index contributed by atoms with van der Waals surface area (Å²) in [7, 11) is 0. The third-order valence-electron chi connectivity index (χ3n) is 4.09. The van der Waals surface area contributed by atoms with Gasteiger partial charge in [0, 0.05) is 24.8 Å². The number of urea groups is 1. The lowest BCUT2D eigenvalue weighted by Gasteiger charge is -2.14. The molecule has 130 valence electrons. The van der Waals surface area contributed by atoms with Gasteiger partial charge in [0.05, 0.1) is 6.54 Å². The average Bonchev–Trinajstić information content (AvgIpc) is 3.05. The lowest BCUT2D eigenvalue weighted by atomic mass is 10.1. The molecule has 1 saturated heterocycles. The SMILES string of the molecule is Cc1ccccc1COc1cccc(NCC(=O)N2CCNC2=O)c1. The number of amides is 3. The van der Waals surface area contributed by atoms with Crippen molar-refractivity contribution in [1.82, 2.24) is 10.2 Å². The number of carbonyl (C=O) groups is 2. The normalized spacial score (nSPS) is 13.5. The van der Waals surface area contributed by atoms with Gasteiger partial charge < -0.3 is 15.4 Å². The number of nitrogens with zero attached hydrogens (tertiary/aromatic N) is 1. The molecule has 6 heteroatoms. The number of anilines is 1. The summed E-state index contributed by atoms with van der Waals surface area (Å²) in [6.07, 6.45) is 0. The van der Waals surface area contributed by atoms with Crippen molar-refractivity contribution in [3.63, 3.8) is 0 Å². The highest BCUT2D eigenvalue weighted by Gasteiger charge is 2.25. The van der Waals surface area contributed by atoms with Gasteiger partial charge in [-0.3, -0.25) is 9.69 Å². The monoisotopic (exact) mass is 339 g/mol. The van der Waals surface area contributed by atoms with E-state index >= 15 is 0 Å². The van der Waals surface area contributed by atoms with Crippen molar-refractivity contribution in [3.8, 4) is 5.75 Å². The van der Waals surface area contributed by atoms with Crippen LogP contribution < -0.4 is 15.4 Å². The van der Waals surface area contributed by atoms with Crippen molar-refractivity contribution in [2.45, 2.75) is 13.5 Å². The van der Waals surface area contributed by atoms with Crippen LogP contribution in [0.1, 0.15) is 11.1 Å². The average molecular weight is 339 g/mol. The summed E-state index contributed by atoms with van der Waals surface area (Å²) in [6, 6.07) is 15.2. The Labute approximate surface area is 146 Å². The summed E-state index contributed by atoms with van der Waals surface area (Å²) in [5, 5.41) is 5.65. The van der Waals surface area contributed by atoms with E-state index in [1.807, 2.05) is 42.5 Å². The van der Waals surface area contributed by atoms with E-state index in [1.54, 1.807) is 0 Å². The fraction of sp³-hybridized carbons (Fsp3) is 0.263. The van der Waals surface area contributed by atoms with E-state index in [0.717, 1.165) is 17.0 Å². The molecular formula is C19H21N3O3. The fourth-order valence-electron chi connectivity index (χ4n) is 2.61. The van der Waals surface area contributed by atoms with Crippen LogP contribution in [0.2, 0.25) is 0 Å². The molecule has 2 N–H and O–H groups in total. The Balaban J connectivity index is 1.55. The highest BCUT2D eigenvalue weighted by molar-refractivity contribution is 5.97. The number of ether oxygens (including phenoxy) is 1. The second-order valence-corrected chi connectivity index (χ2v) is 5.87. The van der Waals surface area contributed by atoms with E-state index in [9.17, 15) is 9.59 Å². The highest BCUT2D eigenvalue weighted by Crippen LogP contribution is 2.19. The Hall–Kier alpha value is -3.02. The van der Waals surface area contributed by atoms with E-state index in [2.05, 4.69) is 23.6 Å². The van der Waals surface area contributed by atoms with Crippen molar-refractivity contribution in [2.24, 2.45) is 0 Å². The van der Waals surface area contributed by atoms with Crippen LogP contribution in [0.25, 0.3) is 0 Å². The van der Waals surface area contributed by atoms with E-state index in [4.69, 9.17) is 4.74 Å². The minimum Gasteiger partial charge on any atom is -0.489 e. The van der Waals surface area contributed by atoms with Crippen molar-refractivity contribution in [3.05, 3.63) is 59.7 Å². The molecule has 25 heavy (non-hydrogen) atoms. The maximum atomic E-state index is 12.0. The van der Waals surface area contributed by atoms with Crippen LogP contribution in [0.15, 0.2) is 48.5 Å². The molecule has 0 atom stereocenters. The Morgan fingerprint density at radius 1 is 1.24 bits per heavy atom. The number of carbonyl (C=O) groups excluding carboxylic acids is 2. The van der Waals surface area contributed by atoms with Gasteiger partial charge in [0.2, 0.25) is 5.91 Å². The van der Waals surface area contributed by atoms with Crippen LogP contribution >= 0.6 is 0 Å². The van der Waals surface area contributed by atoms with Crippen molar-refractivity contribution < 1.29 is 14.3 Å². The number of rotatable bonds is 6. The number of nitrogens with one attached hydrogen (secondary N) is 2. The molecule has 3 rings (SSSR count). The summed E-state index contributed by atoms with van der Waals surface area (Å²) in [5.74, 6) is 0.473. The zero-order chi connectivity index (χ0) is 17.6. The summed E-state index contributed by atoms with van der Waals surface area (Å²) >= 11 is 0. The van der Waals surface area contributed by atoms with Crippen molar-refractivity contribution in [1.29, 1.82) is 0 Å². The first-order chi connectivity index (χ1) is 12.1. The summed E-state index contributed by atoms with van der Waals surface area (Å²) in [5.41, 5.74) is 3.09. The number of hydrogen-bond donors (Lipinski definition) is 2. The highest BCUT2D eigenvalue weighted by atomic mass is 16.5. The standard InChI is InChI=1S/C19H21N3O3/c1-14-5-2-3-6-15(14)13-25-17-8-4-7-16(11-17)21-12-18(23)22-10-9-20-19(22)24/h2-8,11,21H,9-10,12-13H2,1H3,(H,20,24). The molecule has 0 aromatic heterocycles. The van der Waals surface area contributed by atoms with Gasteiger partial charge in [-0.1, -0.05) is 30.3 Å². The second kappa shape index (κ2) is 7.70. The minimum absolute atomic E-state index is 0.0642. The third-order valence-corrected chi connectivity index (χ3v) is 4.09. The smallest absolute Gasteiger partial charge is 0.324 e. The van der Waals surface area contributed by atoms with Gasteiger partial charge in [0.1, 0.15) is 12.4 Å². The molecule has 1 fully saturated rings. The van der Waals surface area contributed by atoms with Gasteiger partial charge in [0.15, 0.2) is 0 Å². The zero-order valence-electron chi connectivity index (χ0n) is 14.1. The van der Waals surface area contributed by atoms with E-state index in [0.29, 0.717) is 19.7 Å². The Morgan fingerprint density at radius 2 is 2.08 bits per heavy atom. The van der Waals surface area contributed by atoms with Gasteiger partial charge in [-0.05, 0) is 30.2 Å². The van der Waals surface area contributed by atoms with E-state index in [1.165, 1.54) is 10.5 Å². The number of benzene rings is 2. The van der Waals surface area contributed by atoms with Crippen LogP contribution in [0.3, 0.4) is 0 Å². The second-order valence-electron chi connectivity index (χ2n) is 5.87. The van der Waals surface area contributed by atoms with Gasteiger partial charge in [-0.25, -0.2) is 4.79 Å². The molecule has 0 unspecified atom stereocenters. The van der Waals surface area contributed by atoms with E-state index < -0.39 is 0 Å². The van der Waals surface area contributed by atoms with Crippen molar-refractivity contribution in [2.75, 3.05) is 25.0 Å². The van der Waals surface area contributed by atoms with Crippen molar-refractivity contribution >= 4 is 17.6 Å². The number of aryl methyl sites for hydroxylation is 1. The minimum atomic E-state index is -0.331. The Kier molecular flexibility index (Phi) is 5.18. The summed E-state index contributed by atoms with van der Waals surface area (Å²) in [6.45, 7) is 3.53. The zero-order valence-corrected chi connectivity index (χ0v) is 14.1. The molecule has 0 aliphatic carbocycles. The predicted molar refractivity (Wildman–Crippen MR) is 95.6 cm³/mol. The first-order valence-corrected chi connectivity index (χ1v) is 8.23. The lowest BCUT2D eigenvalue weighted by Crippen LogP contribution is -2.37. The predicted octanol–water partition coefficient (Wildman–Crippen LogP) is 2.54. The molecule has 6 nitrogen and oxygen atoms in total. The molecule has 0 saturated carbocycles. The molecule has 1 aliphatic rings. The molecule has 3 amide bonds. The maximum Gasteiger partial charge on any atom is 0.324 e. The van der Waals surface area contributed by atoms with Gasteiger partial charge >= 0.3 is 6.03 Å². The lowest BCUT2D eigenvalue weighted by molar-refractivity contribution is -0.125. The van der Waals surface area contributed by atoms with Crippen LogP contribution in [0.4, 0.5) is 10.5 Å². The van der Waals surface area contributed by atoms with E-state index in [-0.39, 0.29) is 18.5 Å². The fourth-order valence-corrected chi connectivity index (χ4v) is 2.61. The first kappa shape index (κ1) is 16.8. The molecule has 2 aromatic carbocycles. The van der Waals surface area contributed by atoms with Crippen LogP contribution in [0, 0.1) is 6.92 Å². The molecular weight excluding hydrogens is 318 g/mol. The number of hydrogen-bond acceptors (Lipinski definition) is 4. The Bertz CT molecular complexity index is 776. The topological polar surface area (TPSA) is 70.7 Å². The Morgan fingerprint density at radius 3 is 2.84 bits per heavy atom. The molecule has 2 aromatic rings. The third kappa shape index (κ3) is 4.29. The van der Waals surface area contributed by atoms with Crippen LogP contribution in [-0.4, -0.2) is 36.5 Å². The van der Waals surface area contributed by atoms with Crippen LogP contribution in [0.5, 0.6) is 5.75 Å². The van der Waals surface area contributed by atoms with Crippen LogP contribution in [-0.2, 0) is 11.4 Å². The number of imide groups is 1.